The lowest BCUT2D eigenvalue weighted by Gasteiger charge is -2.18. The number of nitrogens with one attached hydrogen (secondary N) is 2. The van der Waals surface area contributed by atoms with Gasteiger partial charge in [-0.1, -0.05) is 24.3 Å². The van der Waals surface area contributed by atoms with E-state index in [0.29, 0.717) is 18.7 Å². The molecule has 5 nitrogen and oxygen atoms in total. The van der Waals surface area contributed by atoms with Crippen LogP contribution in [0.3, 0.4) is 0 Å². The highest BCUT2D eigenvalue weighted by Crippen LogP contribution is 2.27. The second-order valence-electron chi connectivity index (χ2n) is 5.98. The molecule has 2 aromatic rings. The van der Waals surface area contributed by atoms with Crippen molar-refractivity contribution in [1.29, 1.82) is 0 Å². The maximum absolute atomic E-state index is 13.5. The predicted octanol–water partition coefficient (Wildman–Crippen LogP) is 2.64. The van der Waals surface area contributed by atoms with Gasteiger partial charge >= 0.3 is 6.03 Å². The zero-order chi connectivity index (χ0) is 17.8. The molecule has 3 rings (SSSR count). The molecule has 0 aliphatic carbocycles. The SMILES string of the molecule is Cc1ccc(C(=O)NCCNC(=O)N2CCc3ccccc32)cc1F. The van der Waals surface area contributed by atoms with E-state index in [1.165, 1.54) is 6.07 Å². The molecule has 0 unspecified atom stereocenters. The van der Waals surface area contributed by atoms with Crippen LogP contribution in [-0.2, 0) is 6.42 Å². The zero-order valence-corrected chi connectivity index (χ0v) is 14.0. The van der Waals surface area contributed by atoms with Crippen LogP contribution in [0.5, 0.6) is 0 Å². The third-order valence-electron chi connectivity index (χ3n) is 4.25. The van der Waals surface area contributed by atoms with Crippen molar-refractivity contribution in [2.45, 2.75) is 13.3 Å². The molecule has 0 saturated heterocycles. The van der Waals surface area contributed by atoms with E-state index in [2.05, 4.69) is 10.6 Å². The number of urea groups is 1. The number of nitrogens with zero attached hydrogens (tertiary/aromatic N) is 1. The molecule has 1 aliphatic heterocycles. The van der Waals surface area contributed by atoms with Gasteiger partial charge in [0, 0.05) is 30.9 Å². The highest BCUT2D eigenvalue weighted by Gasteiger charge is 2.23. The van der Waals surface area contributed by atoms with Gasteiger partial charge in [0.2, 0.25) is 0 Å². The highest BCUT2D eigenvalue weighted by atomic mass is 19.1. The van der Waals surface area contributed by atoms with Crippen LogP contribution in [0.4, 0.5) is 14.9 Å². The number of hydrogen-bond donors (Lipinski definition) is 2. The number of fused-ring (bicyclic) bond motifs is 1. The van der Waals surface area contributed by atoms with Gasteiger partial charge in [0.1, 0.15) is 5.82 Å². The van der Waals surface area contributed by atoms with Gasteiger partial charge in [0.05, 0.1) is 0 Å². The van der Waals surface area contributed by atoms with Crippen molar-refractivity contribution in [3.05, 3.63) is 65.0 Å². The fraction of sp³-hybridized carbons (Fsp3) is 0.263. The summed E-state index contributed by atoms with van der Waals surface area (Å²) in [6.45, 7) is 2.87. The summed E-state index contributed by atoms with van der Waals surface area (Å²) in [6, 6.07) is 12.0. The molecule has 1 heterocycles. The van der Waals surface area contributed by atoms with Crippen LogP contribution in [0.1, 0.15) is 21.5 Å². The van der Waals surface area contributed by atoms with Gasteiger partial charge in [-0.3, -0.25) is 9.69 Å². The fourth-order valence-electron chi connectivity index (χ4n) is 2.83. The van der Waals surface area contributed by atoms with Crippen LogP contribution in [0.2, 0.25) is 0 Å². The molecule has 0 atom stereocenters. The van der Waals surface area contributed by atoms with Gasteiger partial charge in [0.25, 0.3) is 5.91 Å². The van der Waals surface area contributed by atoms with E-state index in [0.717, 1.165) is 17.7 Å². The normalized spacial score (nSPS) is 12.6. The molecular formula is C19H20FN3O2. The molecule has 0 aromatic heterocycles. The van der Waals surface area contributed by atoms with Crippen molar-refractivity contribution in [3.63, 3.8) is 0 Å². The number of hydrogen-bond acceptors (Lipinski definition) is 2. The second kappa shape index (κ2) is 7.34. The number of carbonyl (C=O) groups is 2. The number of halogens is 1. The fourth-order valence-corrected chi connectivity index (χ4v) is 2.83. The van der Waals surface area contributed by atoms with Crippen LogP contribution in [-0.4, -0.2) is 31.6 Å². The lowest BCUT2D eigenvalue weighted by atomic mass is 10.1. The molecule has 0 saturated carbocycles. The summed E-state index contributed by atoms with van der Waals surface area (Å²) in [4.78, 5) is 25.9. The number of para-hydroxylation sites is 1. The lowest BCUT2D eigenvalue weighted by Crippen LogP contribution is -2.42. The Balaban J connectivity index is 1.46. The predicted molar refractivity (Wildman–Crippen MR) is 94.4 cm³/mol. The first-order chi connectivity index (χ1) is 12.1. The average Bonchev–Trinajstić information content (AvgIpc) is 3.05. The minimum atomic E-state index is -0.409. The van der Waals surface area contributed by atoms with Gasteiger partial charge in [-0.05, 0) is 42.7 Å². The Morgan fingerprint density at radius 3 is 2.68 bits per heavy atom. The highest BCUT2D eigenvalue weighted by molar-refractivity contribution is 5.95. The first kappa shape index (κ1) is 17.0. The summed E-state index contributed by atoms with van der Waals surface area (Å²) >= 11 is 0. The van der Waals surface area contributed by atoms with Gasteiger partial charge in [-0.25, -0.2) is 9.18 Å². The van der Waals surface area contributed by atoms with Crippen LogP contribution in [0.25, 0.3) is 0 Å². The summed E-state index contributed by atoms with van der Waals surface area (Å²) in [6.07, 6.45) is 0.847. The summed E-state index contributed by atoms with van der Waals surface area (Å²) < 4.78 is 13.5. The Kier molecular flexibility index (Phi) is 4.97. The topological polar surface area (TPSA) is 61.4 Å². The molecule has 2 aromatic carbocycles. The van der Waals surface area contributed by atoms with Crippen LogP contribution in [0, 0.1) is 12.7 Å². The summed E-state index contributed by atoms with van der Waals surface area (Å²) in [5.41, 5.74) is 2.85. The number of benzene rings is 2. The molecule has 3 amide bonds. The van der Waals surface area contributed by atoms with Gasteiger partial charge in [-0.2, -0.15) is 0 Å². The lowest BCUT2D eigenvalue weighted by molar-refractivity contribution is 0.0953. The number of aryl methyl sites for hydroxylation is 1. The molecule has 0 spiro atoms. The molecule has 25 heavy (non-hydrogen) atoms. The van der Waals surface area contributed by atoms with Gasteiger partial charge in [-0.15, -0.1) is 0 Å². The van der Waals surface area contributed by atoms with E-state index in [1.54, 1.807) is 24.0 Å². The minimum Gasteiger partial charge on any atom is -0.350 e. The summed E-state index contributed by atoms with van der Waals surface area (Å²) in [7, 11) is 0. The molecule has 0 fully saturated rings. The molecule has 2 N–H and O–H groups in total. The Bertz CT molecular complexity index is 807. The Hall–Kier alpha value is -2.89. The molecule has 6 heteroatoms. The van der Waals surface area contributed by atoms with Gasteiger partial charge < -0.3 is 10.6 Å². The Morgan fingerprint density at radius 2 is 1.88 bits per heavy atom. The third-order valence-corrected chi connectivity index (χ3v) is 4.25. The molecule has 0 bridgehead atoms. The number of anilines is 1. The van der Waals surface area contributed by atoms with Crippen molar-refractivity contribution >= 4 is 17.6 Å². The molecule has 1 aliphatic rings. The van der Waals surface area contributed by atoms with E-state index in [4.69, 9.17) is 0 Å². The smallest absolute Gasteiger partial charge is 0.321 e. The standard InChI is InChI=1S/C19H20FN3O2/c1-13-6-7-15(12-16(13)20)18(24)21-9-10-22-19(25)23-11-8-14-4-2-3-5-17(14)23/h2-7,12H,8-11H2,1H3,(H,21,24)(H,22,25). The zero-order valence-electron chi connectivity index (χ0n) is 14.0. The first-order valence-corrected chi connectivity index (χ1v) is 8.24. The monoisotopic (exact) mass is 341 g/mol. The van der Waals surface area contributed by atoms with E-state index in [1.807, 2.05) is 24.3 Å². The maximum atomic E-state index is 13.5. The van der Waals surface area contributed by atoms with E-state index in [-0.39, 0.29) is 24.0 Å². The van der Waals surface area contributed by atoms with E-state index < -0.39 is 5.82 Å². The number of carbonyl (C=O) groups excluding carboxylic acids is 2. The average molecular weight is 341 g/mol. The van der Waals surface area contributed by atoms with Crippen LogP contribution in [0.15, 0.2) is 42.5 Å². The Labute approximate surface area is 145 Å². The number of rotatable bonds is 4. The van der Waals surface area contributed by atoms with Crippen molar-refractivity contribution in [2.75, 3.05) is 24.5 Å². The maximum Gasteiger partial charge on any atom is 0.321 e. The molecular weight excluding hydrogens is 321 g/mol. The molecule has 130 valence electrons. The minimum absolute atomic E-state index is 0.180. The quantitative estimate of drug-likeness (QED) is 0.840. The summed E-state index contributed by atoms with van der Waals surface area (Å²) in [5.74, 6) is -0.770. The van der Waals surface area contributed by atoms with E-state index >= 15 is 0 Å². The first-order valence-electron chi connectivity index (χ1n) is 8.24. The largest absolute Gasteiger partial charge is 0.350 e. The third kappa shape index (κ3) is 3.79. The number of amides is 3. The Morgan fingerprint density at radius 1 is 1.12 bits per heavy atom. The van der Waals surface area contributed by atoms with E-state index in [9.17, 15) is 14.0 Å². The van der Waals surface area contributed by atoms with Crippen molar-refractivity contribution < 1.29 is 14.0 Å². The van der Waals surface area contributed by atoms with Crippen molar-refractivity contribution in [2.24, 2.45) is 0 Å². The van der Waals surface area contributed by atoms with Crippen molar-refractivity contribution in [3.8, 4) is 0 Å². The second-order valence-corrected chi connectivity index (χ2v) is 5.98. The van der Waals surface area contributed by atoms with Crippen LogP contribution < -0.4 is 15.5 Å². The molecule has 0 radical (unpaired) electrons. The van der Waals surface area contributed by atoms with Crippen molar-refractivity contribution in [1.82, 2.24) is 10.6 Å². The van der Waals surface area contributed by atoms with Crippen LogP contribution >= 0.6 is 0 Å². The van der Waals surface area contributed by atoms with Gasteiger partial charge in [0.15, 0.2) is 0 Å². The summed E-state index contributed by atoms with van der Waals surface area (Å²) in [5, 5.41) is 5.46.